The van der Waals surface area contributed by atoms with Gasteiger partial charge in [0, 0.05) is 23.9 Å². The van der Waals surface area contributed by atoms with Crippen molar-refractivity contribution in [3.63, 3.8) is 0 Å². The molecule has 2 fully saturated rings. The van der Waals surface area contributed by atoms with Crippen LogP contribution in [0.5, 0.6) is 0 Å². The Morgan fingerprint density at radius 3 is 2.48 bits per heavy atom. The number of carbonyl (C=O) groups is 2. The molecule has 1 amide bonds. The van der Waals surface area contributed by atoms with Crippen molar-refractivity contribution in [2.75, 3.05) is 13.1 Å². The number of thiocarbonyl (C=S) groups is 1. The Morgan fingerprint density at radius 2 is 1.96 bits per heavy atom. The monoisotopic (exact) mass is 386 g/mol. The van der Waals surface area contributed by atoms with E-state index >= 15 is 0 Å². The molecular formula is C16H22N2O5S2. The van der Waals surface area contributed by atoms with E-state index in [-0.39, 0.29) is 29.7 Å². The van der Waals surface area contributed by atoms with Gasteiger partial charge in [-0.15, -0.1) is 0 Å². The maximum Gasteiger partial charge on any atom is 0.353 e. The highest BCUT2D eigenvalue weighted by atomic mass is 32.2. The lowest BCUT2D eigenvalue weighted by molar-refractivity contribution is -0.163. The van der Waals surface area contributed by atoms with Crippen LogP contribution in [0.3, 0.4) is 0 Å². The SMILES string of the molecule is C[C@@H](O)[C@H]1C(=O)N2C(C(=O)O)=C(SC(=S)N3CCC(O)CC3)[C@H](C)[C@H]12. The first-order chi connectivity index (χ1) is 11.7. The van der Waals surface area contributed by atoms with Gasteiger partial charge in [0.2, 0.25) is 5.91 Å². The predicted molar refractivity (Wildman–Crippen MR) is 96.6 cm³/mol. The summed E-state index contributed by atoms with van der Waals surface area (Å²) in [6.07, 6.45) is 0.150. The largest absolute Gasteiger partial charge is 0.477 e. The second kappa shape index (κ2) is 6.86. The van der Waals surface area contributed by atoms with Gasteiger partial charge in [-0.1, -0.05) is 30.9 Å². The van der Waals surface area contributed by atoms with Crippen LogP contribution in [0.1, 0.15) is 26.7 Å². The van der Waals surface area contributed by atoms with Gasteiger partial charge in [-0.3, -0.25) is 4.79 Å². The summed E-state index contributed by atoms with van der Waals surface area (Å²) in [5.74, 6) is -2.25. The maximum atomic E-state index is 12.3. The van der Waals surface area contributed by atoms with Gasteiger partial charge in [0.25, 0.3) is 0 Å². The molecule has 0 aromatic rings. The van der Waals surface area contributed by atoms with E-state index in [1.54, 1.807) is 6.92 Å². The predicted octanol–water partition coefficient (Wildman–Crippen LogP) is 0.615. The van der Waals surface area contributed by atoms with Crippen LogP contribution in [0.15, 0.2) is 10.6 Å². The normalized spacial score (nSPS) is 31.0. The zero-order chi connectivity index (χ0) is 18.5. The van der Waals surface area contributed by atoms with Gasteiger partial charge in [0.15, 0.2) is 0 Å². The highest BCUT2D eigenvalue weighted by Gasteiger charge is 2.60. The lowest BCUT2D eigenvalue weighted by atomic mass is 9.79. The molecule has 4 atom stereocenters. The molecule has 0 aromatic carbocycles. The zero-order valence-corrected chi connectivity index (χ0v) is 15.7. The third-order valence-electron chi connectivity index (χ3n) is 5.23. The Hall–Kier alpha value is -1.16. The molecule has 0 unspecified atom stereocenters. The molecule has 3 aliphatic heterocycles. The minimum absolute atomic E-state index is 0.0104. The number of likely N-dealkylation sites (tertiary alicyclic amines) is 1. The number of aliphatic hydroxyl groups excluding tert-OH is 2. The van der Waals surface area contributed by atoms with Gasteiger partial charge in [-0.2, -0.15) is 0 Å². The molecule has 2 saturated heterocycles. The number of piperidine rings is 1. The first-order valence-electron chi connectivity index (χ1n) is 8.37. The summed E-state index contributed by atoms with van der Waals surface area (Å²) in [6.45, 7) is 4.71. The molecule has 3 heterocycles. The van der Waals surface area contributed by atoms with Gasteiger partial charge < -0.3 is 25.1 Å². The molecular weight excluding hydrogens is 364 g/mol. The highest BCUT2D eigenvalue weighted by molar-refractivity contribution is 8.25. The summed E-state index contributed by atoms with van der Waals surface area (Å²) in [5, 5.41) is 29.1. The summed E-state index contributed by atoms with van der Waals surface area (Å²) in [4.78, 5) is 27.9. The Kier molecular flexibility index (Phi) is 5.11. The van der Waals surface area contributed by atoms with E-state index in [4.69, 9.17) is 12.2 Å². The Labute approximate surface area is 155 Å². The highest BCUT2D eigenvalue weighted by Crippen LogP contribution is 2.50. The summed E-state index contributed by atoms with van der Waals surface area (Å²) in [7, 11) is 0. The second-order valence-corrected chi connectivity index (χ2v) is 8.53. The number of hydrogen-bond donors (Lipinski definition) is 3. The lowest BCUT2D eigenvalue weighted by Crippen LogP contribution is -2.63. The van der Waals surface area contributed by atoms with Crippen LogP contribution in [0.25, 0.3) is 0 Å². The van der Waals surface area contributed by atoms with Crippen LogP contribution in [0, 0.1) is 11.8 Å². The van der Waals surface area contributed by atoms with E-state index in [2.05, 4.69) is 0 Å². The molecule has 3 rings (SSSR count). The fourth-order valence-electron chi connectivity index (χ4n) is 3.86. The average Bonchev–Trinajstić information content (AvgIpc) is 2.77. The molecule has 0 bridgehead atoms. The van der Waals surface area contributed by atoms with E-state index in [0.717, 1.165) is 0 Å². The smallest absolute Gasteiger partial charge is 0.353 e. The maximum absolute atomic E-state index is 12.3. The van der Waals surface area contributed by atoms with Gasteiger partial charge in [-0.05, 0) is 19.8 Å². The third-order valence-corrected chi connectivity index (χ3v) is 6.96. The molecule has 138 valence electrons. The fraction of sp³-hybridized carbons (Fsp3) is 0.688. The Balaban J connectivity index is 1.81. The van der Waals surface area contributed by atoms with Crippen molar-refractivity contribution in [3.8, 4) is 0 Å². The standard InChI is InChI=1S/C16H22N2O5S2/c1-7-11-10(8(2)19)14(21)18(11)12(15(22)23)13(7)25-16(24)17-5-3-9(20)4-6-17/h7-11,19-20H,3-6H2,1-2H3,(H,22,23)/t7-,8-,10-,11-/m1/s1. The van der Waals surface area contributed by atoms with Crippen LogP contribution >= 0.6 is 24.0 Å². The summed E-state index contributed by atoms with van der Waals surface area (Å²) in [5.41, 5.74) is -0.0104. The number of thioether (sulfide) groups is 1. The number of amides is 1. The zero-order valence-electron chi connectivity index (χ0n) is 14.1. The number of nitrogens with zero attached hydrogens (tertiary/aromatic N) is 2. The number of β-lactam (4-membered cyclic amide) rings is 1. The molecule has 0 saturated carbocycles. The minimum atomic E-state index is -1.15. The van der Waals surface area contributed by atoms with E-state index in [9.17, 15) is 24.9 Å². The number of aliphatic carboxylic acids is 1. The quantitative estimate of drug-likeness (QED) is 0.479. The molecule has 7 nitrogen and oxygen atoms in total. The number of aliphatic hydroxyl groups is 2. The molecule has 9 heteroatoms. The van der Waals surface area contributed by atoms with Crippen LogP contribution < -0.4 is 0 Å². The first kappa shape index (κ1) is 18.6. The van der Waals surface area contributed by atoms with Crippen molar-refractivity contribution in [2.24, 2.45) is 11.8 Å². The van der Waals surface area contributed by atoms with Crippen LogP contribution in [0.2, 0.25) is 0 Å². The Bertz CT molecular complexity index is 642. The minimum Gasteiger partial charge on any atom is -0.477 e. The van der Waals surface area contributed by atoms with Gasteiger partial charge in [0.05, 0.1) is 24.2 Å². The fourth-order valence-corrected chi connectivity index (χ4v) is 5.42. The van der Waals surface area contributed by atoms with E-state index < -0.39 is 18.0 Å². The van der Waals surface area contributed by atoms with E-state index in [0.29, 0.717) is 35.2 Å². The number of hydrogen-bond acceptors (Lipinski definition) is 6. The molecule has 3 N–H and O–H groups in total. The number of fused-ring (bicyclic) bond motifs is 1. The van der Waals surface area contributed by atoms with Crippen molar-refractivity contribution in [3.05, 3.63) is 10.6 Å². The summed E-state index contributed by atoms with van der Waals surface area (Å²) < 4.78 is 0.566. The van der Waals surface area contributed by atoms with E-state index in [1.165, 1.54) is 16.7 Å². The summed E-state index contributed by atoms with van der Waals surface area (Å²) in [6, 6.07) is -0.327. The topological polar surface area (TPSA) is 101 Å². The molecule has 0 spiro atoms. The third kappa shape index (κ3) is 3.07. The van der Waals surface area contributed by atoms with Crippen LogP contribution in [-0.2, 0) is 9.59 Å². The van der Waals surface area contributed by atoms with Crippen LogP contribution in [-0.4, -0.2) is 72.7 Å². The van der Waals surface area contributed by atoms with Crippen molar-refractivity contribution >= 4 is 40.2 Å². The second-order valence-electron chi connectivity index (χ2n) is 6.86. The van der Waals surface area contributed by atoms with Crippen molar-refractivity contribution in [1.82, 2.24) is 9.80 Å². The average molecular weight is 386 g/mol. The van der Waals surface area contributed by atoms with Gasteiger partial charge in [0.1, 0.15) is 10.0 Å². The van der Waals surface area contributed by atoms with Gasteiger partial charge >= 0.3 is 5.97 Å². The first-order valence-corrected chi connectivity index (χ1v) is 9.60. The number of carboxylic acids is 1. The summed E-state index contributed by atoms with van der Waals surface area (Å²) >= 11 is 6.70. The van der Waals surface area contributed by atoms with Crippen molar-refractivity contribution in [1.29, 1.82) is 0 Å². The molecule has 0 aliphatic carbocycles. The molecule has 0 radical (unpaired) electrons. The lowest BCUT2D eigenvalue weighted by Gasteiger charge is -2.46. The van der Waals surface area contributed by atoms with Crippen molar-refractivity contribution in [2.45, 2.75) is 44.9 Å². The Morgan fingerprint density at radius 1 is 1.36 bits per heavy atom. The number of carbonyl (C=O) groups excluding carboxylic acids is 1. The van der Waals surface area contributed by atoms with Crippen molar-refractivity contribution < 1.29 is 24.9 Å². The molecule has 25 heavy (non-hydrogen) atoms. The molecule has 3 aliphatic rings. The van der Waals surface area contributed by atoms with Crippen LogP contribution in [0.4, 0.5) is 0 Å². The number of rotatable bonds is 3. The van der Waals surface area contributed by atoms with E-state index in [1.807, 2.05) is 11.8 Å². The number of carboxylic acid groups (broad SMARTS) is 1. The van der Waals surface area contributed by atoms with Gasteiger partial charge in [-0.25, -0.2) is 4.79 Å². The molecule has 0 aromatic heterocycles.